The van der Waals surface area contributed by atoms with Crippen LogP contribution in [0.3, 0.4) is 0 Å². The van der Waals surface area contributed by atoms with E-state index in [-0.39, 0.29) is 5.41 Å². The molecule has 0 saturated heterocycles. The van der Waals surface area contributed by atoms with E-state index >= 15 is 0 Å². The Hall–Kier alpha value is -1.24. The molecule has 18 heavy (non-hydrogen) atoms. The Balaban J connectivity index is 0. The molecule has 1 heteroatoms. The zero-order valence-corrected chi connectivity index (χ0v) is 13.2. The quantitative estimate of drug-likeness (QED) is 0.716. The normalized spacial score (nSPS) is 9.50. The minimum Gasteiger partial charge on any atom is -0.507 e. The topological polar surface area (TPSA) is 20.2 Å². The van der Waals surface area contributed by atoms with Crippen molar-refractivity contribution in [3.63, 3.8) is 0 Å². The van der Waals surface area contributed by atoms with Crippen molar-refractivity contribution in [1.82, 2.24) is 0 Å². The molecule has 0 heterocycles. The van der Waals surface area contributed by atoms with E-state index in [1.165, 1.54) is 0 Å². The summed E-state index contributed by atoms with van der Waals surface area (Å²) in [6, 6.07) is 5.79. The fourth-order valence-electron chi connectivity index (χ4n) is 1.49. The van der Waals surface area contributed by atoms with Gasteiger partial charge >= 0.3 is 0 Å². The van der Waals surface area contributed by atoms with Crippen LogP contribution >= 0.6 is 0 Å². The summed E-state index contributed by atoms with van der Waals surface area (Å²) in [5.41, 5.74) is 2.00. The van der Waals surface area contributed by atoms with Gasteiger partial charge in [-0.3, -0.25) is 0 Å². The first-order chi connectivity index (χ1) is 8.44. The number of aromatic hydroxyl groups is 1. The van der Waals surface area contributed by atoms with Crippen molar-refractivity contribution in [3.05, 3.63) is 35.9 Å². The van der Waals surface area contributed by atoms with Crippen LogP contribution in [-0.4, -0.2) is 5.11 Å². The molecule has 104 valence electrons. The number of benzene rings is 1. The molecule has 1 aromatic rings. The average Bonchev–Trinajstić information content (AvgIpc) is 2.35. The number of para-hydroxylation sites is 1. The van der Waals surface area contributed by atoms with Crippen LogP contribution in [0, 0.1) is 5.41 Å². The van der Waals surface area contributed by atoms with Crippen LogP contribution in [0.15, 0.2) is 24.8 Å². The fraction of sp³-hybridized carbons (Fsp3) is 0.529. The predicted octanol–water partition coefficient (Wildman–Crippen LogP) is 5.68. The number of phenols is 1. The van der Waals surface area contributed by atoms with E-state index in [9.17, 15) is 5.11 Å². The lowest BCUT2D eigenvalue weighted by molar-refractivity contribution is 0.394. The number of hydrogen-bond acceptors (Lipinski definition) is 1. The molecular weight excluding hydrogens is 220 g/mol. The minimum absolute atomic E-state index is 0.192. The maximum atomic E-state index is 9.88. The lowest BCUT2D eigenvalue weighted by Gasteiger charge is -2.19. The Morgan fingerprint density at radius 1 is 1.11 bits per heavy atom. The molecule has 0 spiro atoms. The average molecular weight is 250 g/mol. The molecule has 0 aliphatic rings. The van der Waals surface area contributed by atoms with Gasteiger partial charge < -0.3 is 5.11 Å². The molecular formula is C17H30O. The summed E-state index contributed by atoms with van der Waals surface area (Å²) in [4.78, 5) is 0. The molecule has 0 saturated carbocycles. The lowest BCUT2D eigenvalue weighted by Crippen LogP contribution is -2.09. The van der Waals surface area contributed by atoms with E-state index < -0.39 is 0 Å². The highest BCUT2D eigenvalue weighted by Gasteiger charge is 2.14. The molecule has 0 aromatic heterocycles. The van der Waals surface area contributed by atoms with Gasteiger partial charge in [-0.25, -0.2) is 0 Å². The van der Waals surface area contributed by atoms with Gasteiger partial charge in [-0.05, 0) is 17.4 Å². The number of rotatable bonds is 2. The maximum absolute atomic E-state index is 9.88. The molecule has 1 rings (SSSR count). The van der Waals surface area contributed by atoms with Gasteiger partial charge in [0.2, 0.25) is 0 Å². The highest BCUT2D eigenvalue weighted by atomic mass is 16.3. The van der Waals surface area contributed by atoms with Crippen molar-refractivity contribution in [3.8, 4) is 5.75 Å². The number of phenolic OH excluding ortho intramolecular Hbond substituents is 1. The molecule has 1 nitrogen and oxygen atoms in total. The van der Waals surface area contributed by atoms with Crippen molar-refractivity contribution < 1.29 is 5.11 Å². The van der Waals surface area contributed by atoms with Crippen molar-refractivity contribution in [2.75, 3.05) is 0 Å². The Bertz CT molecular complexity index is 332. The van der Waals surface area contributed by atoms with Crippen molar-refractivity contribution in [2.24, 2.45) is 5.41 Å². The van der Waals surface area contributed by atoms with Crippen LogP contribution in [0.1, 0.15) is 59.6 Å². The highest BCUT2D eigenvalue weighted by Crippen LogP contribution is 2.29. The van der Waals surface area contributed by atoms with Crippen LogP contribution < -0.4 is 0 Å². The Morgan fingerprint density at radius 2 is 1.61 bits per heavy atom. The summed E-state index contributed by atoms with van der Waals surface area (Å²) >= 11 is 0. The summed E-state index contributed by atoms with van der Waals surface area (Å²) in [6.07, 6.45) is 2.56. The molecule has 0 atom stereocenters. The minimum atomic E-state index is 0.192. The third kappa shape index (κ3) is 7.16. The smallest absolute Gasteiger partial charge is 0.125 e. The van der Waals surface area contributed by atoms with Gasteiger partial charge in [0.15, 0.2) is 0 Å². The van der Waals surface area contributed by atoms with Crippen LogP contribution in [0.25, 0.3) is 6.08 Å². The van der Waals surface area contributed by atoms with Crippen LogP contribution in [0.4, 0.5) is 0 Å². The fourth-order valence-corrected chi connectivity index (χ4v) is 1.49. The van der Waals surface area contributed by atoms with E-state index in [1.807, 2.05) is 45.9 Å². The predicted molar refractivity (Wildman–Crippen MR) is 84.1 cm³/mol. The second kappa shape index (κ2) is 9.76. The Morgan fingerprint density at radius 3 is 2.00 bits per heavy atom. The van der Waals surface area contributed by atoms with Gasteiger partial charge in [-0.1, -0.05) is 79.3 Å². The van der Waals surface area contributed by atoms with Gasteiger partial charge in [0.05, 0.1) is 0 Å². The zero-order valence-electron chi connectivity index (χ0n) is 13.2. The van der Waals surface area contributed by atoms with Gasteiger partial charge in [0, 0.05) is 5.56 Å². The summed E-state index contributed by atoms with van der Waals surface area (Å²) in [7, 11) is 0. The summed E-state index contributed by atoms with van der Waals surface area (Å²) in [6.45, 7) is 18.1. The lowest BCUT2D eigenvalue weighted by atomic mass is 9.87. The largest absolute Gasteiger partial charge is 0.507 e. The molecule has 0 aliphatic heterocycles. The van der Waals surface area contributed by atoms with Crippen molar-refractivity contribution >= 4 is 6.08 Å². The van der Waals surface area contributed by atoms with Crippen molar-refractivity contribution in [2.45, 2.75) is 54.9 Å². The number of hydrogen-bond donors (Lipinski definition) is 1. The second-order valence-corrected chi connectivity index (χ2v) is 4.80. The van der Waals surface area contributed by atoms with Crippen LogP contribution in [0.2, 0.25) is 0 Å². The summed E-state index contributed by atoms with van der Waals surface area (Å²) in [5.74, 6) is 0.373. The maximum Gasteiger partial charge on any atom is 0.125 e. The zero-order chi connectivity index (χ0) is 14.8. The van der Waals surface area contributed by atoms with Crippen molar-refractivity contribution in [1.29, 1.82) is 0 Å². The van der Waals surface area contributed by atoms with Gasteiger partial charge in [0.1, 0.15) is 5.75 Å². The van der Waals surface area contributed by atoms with E-state index in [2.05, 4.69) is 27.4 Å². The standard InChI is InChI=1S/C13H18O.2C2H6/c1-5-10-7-6-8-11(12(10)14)9-13(2,3)4;2*1-2/h5-8,14H,1,9H2,2-4H3;2*1-2H3. The molecule has 0 bridgehead atoms. The summed E-state index contributed by atoms with van der Waals surface area (Å²) < 4.78 is 0. The third-order valence-corrected chi connectivity index (χ3v) is 2.09. The molecule has 1 N–H and O–H groups in total. The Labute approximate surface area is 114 Å². The van der Waals surface area contributed by atoms with E-state index in [0.29, 0.717) is 5.75 Å². The third-order valence-electron chi connectivity index (χ3n) is 2.09. The molecule has 0 unspecified atom stereocenters. The molecule has 1 aromatic carbocycles. The monoisotopic (exact) mass is 250 g/mol. The first kappa shape index (κ1) is 19.1. The van der Waals surface area contributed by atoms with Crippen LogP contribution in [-0.2, 0) is 6.42 Å². The molecule has 0 radical (unpaired) electrons. The first-order valence-electron chi connectivity index (χ1n) is 6.87. The van der Waals surface area contributed by atoms with Gasteiger partial charge in [0.25, 0.3) is 0 Å². The van der Waals surface area contributed by atoms with E-state index in [4.69, 9.17) is 0 Å². The van der Waals surface area contributed by atoms with Gasteiger partial charge in [-0.2, -0.15) is 0 Å². The molecule has 0 aliphatic carbocycles. The highest BCUT2D eigenvalue weighted by molar-refractivity contribution is 5.57. The SMILES string of the molecule is C=Cc1cccc(CC(C)(C)C)c1O.CC.CC. The van der Waals surface area contributed by atoms with Gasteiger partial charge in [-0.15, -0.1) is 0 Å². The summed E-state index contributed by atoms with van der Waals surface area (Å²) in [5, 5.41) is 9.88. The van der Waals surface area contributed by atoms with Crippen LogP contribution in [0.5, 0.6) is 5.75 Å². The van der Waals surface area contributed by atoms with E-state index in [0.717, 1.165) is 17.5 Å². The first-order valence-corrected chi connectivity index (χ1v) is 6.87. The molecule has 0 fully saturated rings. The van der Waals surface area contributed by atoms with E-state index in [1.54, 1.807) is 6.08 Å². The molecule has 0 amide bonds. The Kier molecular flexibility index (Phi) is 10.4. The second-order valence-electron chi connectivity index (χ2n) is 4.80.